The van der Waals surface area contributed by atoms with Gasteiger partial charge in [0.15, 0.2) is 0 Å². The molecule has 2 aromatic rings. The number of hydrogen-bond donors (Lipinski definition) is 1. The standard InChI is InChI=1S/C15H16N2O3/c1-10-13(16-9-17-14(10)20-2)12(15(18)19)8-11-6-4-3-5-7-11/h3-7,9,12H,8H2,1-2H3,(H,18,19). The van der Waals surface area contributed by atoms with Crippen molar-refractivity contribution in [1.29, 1.82) is 0 Å². The lowest BCUT2D eigenvalue weighted by Gasteiger charge is -2.15. The van der Waals surface area contributed by atoms with Crippen molar-refractivity contribution >= 4 is 5.97 Å². The molecule has 0 radical (unpaired) electrons. The summed E-state index contributed by atoms with van der Waals surface area (Å²) in [4.78, 5) is 19.7. The van der Waals surface area contributed by atoms with E-state index in [1.807, 2.05) is 30.3 Å². The van der Waals surface area contributed by atoms with Crippen LogP contribution in [0, 0.1) is 6.92 Å². The molecule has 20 heavy (non-hydrogen) atoms. The van der Waals surface area contributed by atoms with Crippen molar-refractivity contribution in [3.8, 4) is 5.88 Å². The van der Waals surface area contributed by atoms with E-state index < -0.39 is 11.9 Å². The van der Waals surface area contributed by atoms with Crippen LogP contribution in [0.1, 0.15) is 22.7 Å². The van der Waals surface area contributed by atoms with Gasteiger partial charge in [-0.3, -0.25) is 4.79 Å². The Bertz CT molecular complexity index is 599. The van der Waals surface area contributed by atoms with Crippen LogP contribution in [0.15, 0.2) is 36.7 Å². The van der Waals surface area contributed by atoms with Crippen LogP contribution in [0.25, 0.3) is 0 Å². The van der Waals surface area contributed by atoms with E-state index in [2.05, 4.69) is 9.97 Å². The fourth-order valence-electron chi connectivity index (χ4n) is 2.15. The maximum atomic E-state index is 11.6. The second-order valence-corrected chi connectivity index (χ2v) is 4.47. The summed E-state index contributed by atoms with van der Waals surface area (Å²) in [6.45, 7) is 1.77. The Morgan fingerprint density at radius 2 is 2.00 bits per heavy atom. The van der Waals surface area contributed by atoms with Crippen molar-refractivity contribution in [2.75, 3.05) is 7.11 Å². The molecule has 0 bridgehead atoms. The third kappa shape index (κ3) is 2.93. The van der Waals surface area contributed by atoms with E-state index in [4.69, 9.17) is 4.74 Å². The molecule has 0 aliphatic rings. The molecule has 0 saturated carbocycles. The van der Waals surface area contributed by atoms with E-state index in [0.29, 0.717) is 23.6 Å². The van der Waals surface area contributed by atoms with Gasteiger partial charge in [-0.2, -0.15) is 0 Å². The molecule has 0 fully saturated rings. The summed E-state index contributed by atoms with van der Waals surface area (Å²) in [6.07, 6.45) is 1.72. The number of nitrogens with zero attached hydrogens (tertiary/aromatic N) is 2. The summed E-state index contributed by atoms with van der Waals surface area (Å²) >= 11 is 0. The molecule has 0 aliphatic heterocycles. The molecule has 1 aromatic carbocycles. The highest BCUT2D eigenvalue weighted by molar-refractivity contribution is 5.76. The molecule has 5 nitrogen and oxygen atoms in total. The van der Waals surface area contributed by atoms with Crippen molar-refractivity contribution in [2.45, 2.75) is 19.3 Å². The number of carboxylic acid groups (broad SMARTS) is 1. The maximum absolute atomic E-state index is 11.6. The zero-order chi connectivity index (χ0) is 14.5. The van der Waals surface area contributed by atoms with Gasteiger partial charge < -0.3 is 9.84 Å². The van der Waals surface area contributed by atoms with Crippen molar-refractivity contribution in [1.82, 2.24) is 9.97 Å². The Labute approximate surface area is 117 Å². The van der Waals surface area contributed by atoms with E-state index in [1.54, 1.807) is 6.92 Å². The van der Waals surface area contributed by atoms with E-state index in [0.717, 1.165) is 5.56 Å². The monoisotopic (exact) mass is 272 g/mol. The molecule has 5 heteroatoms. The second kappa shape index (κ2) is 6.14. The fourth-order valence-corrected chi connectivity index (χ4v) is 2.15. The Kier molecular flexibility index (Phi) is 4.30. The summed E-state index contributed by atoms with van der Waals surface area (Å²) < 4.78 is 5.12. The normalized spacial score (nSPS) is 11.9. The Balaban J connectivity index is 2.37. The molecule has 0 spiro atoms. The van der Waals surface area contributed by atoms with Crippen molar-refractivity contribution in [3.05, 3.63) is 53.5 Å². The third-order valence-electron chi connectivity index (χ3n) is 3.18. The molecule has 1 aromatic heterocycles. The van der Waals surface area contributed by atoms with E-state index in [1.165, 1.54) is 13.4 Å². The minimum Gasteiger partial charge on any atom is -0.481 e. The lowest BCUT2D eigenvalue weighted by Crippen LogP contribution is -2.18. The molecular formula is C15H16N2O3. The molecule has 1 N–H and O–H groups in total. The first-order valence-electron chi connectivity index (χ1n) is 6.25. The van der Waals surface area contributed by atoms with E-state index in [-0.39, 0.29) is 0 Å². The first-order valence-corrected chi connectivity index (χ1v) is 6.25. The largest absolute Gasteiger partial charge is 0.481 e. The van der Waals surface area contributed by atoms with Crippen LogP contribution in [-0.4, -0.2) is 28.2 Å². The Morgan fingerprint density at radius 3 is 2.60 bits per heavy atom. The first kappa shape index (κ1) is 14.0. The lowest BCUT2D eigenvalue weighted by molar-refractivity contribution is -0.138. The van der Waals surface area contributed by atoms with Gasteiger partial charge in [-0.05, 0) is 18.9 Å². The van der Waals surface area contributed by atoms with Crippen LogP contribution < -0.4 is 4.74 Å². The van der Waals surface area contributed by atoms with Gasteiger partial charge in [0.1, 0.15) is 12.2 Å². The summed E-state index contributed by atoms with van der Waals surface area (Å²) in [6, 6.07) is 9.49. The van der Waals surface area contributed by atoms with Gasteiger partial charge in [0.05, 0.1) is 12.8 Å². The van der Waals surface area contributed by atoms with Crippen LogP contribution in [-0.2, 0) is 11.2 Å². The van der Waals surface area contributed by atoms with E-state index >= 15 is 0 Å². The summed E-state index contributed by atoms with van der Waals surface area (Å²) in [5.41, 5.74) is 2.11. The predicted molar refractivity (Wildman–Crippen MR) is 73.8 cm³/mol. The predicted octanol–water partition coefficient (Wildman–Crippen LogP) is 2.20. The number of methoxy groups -OCH3 is 1. The third-order valence-corrected chi connectivity index (χ3v) is 3.18. The second-order valence-electron chi connectivity index (χ2n) is 4.47. The number of benzene rings is 1. The smallest absolute Gasteiger partial charge is 0.312 e. The zero-order valence-electron chi connectivity index (χ0n) is 11.4. The molecular weight excluding hydrogens is 256 g/mol. The van der Waals surface area contributed by atoms with Crippen LogP contribution in [0.2, 0.25) is 0 Å². The van der Waals surface area contributed by atoms with Gasteiger partial charge in [-0.1, -0.05) is 30.3 Å². The van der Waals surface area contributed by atoms with Gasteiger partial charge in [0, 0.05) is 5.56 Å². The number of ether oxygens (including phenoxy) is 1. The minimum absolute atomic E-state index is 0.386. The van der Waals surface area contributed by atoms with Crippen molar-refractivity contribution in [3.63, 3.8) is 0 Å². The van der Waals surface area contributed by atoms with E-state index in [9.17, 15) is 9.90 Å². The average molecular weight is 272 g/mol. The number of rotatable bonds is 5. The lowest BCUT2D eigenvalue weighted by atomic mass is 9.94. The Morgan fingerprint density at radius 1 is 1.30 bits per heavy atom. The quantitative estimate of drug-likeness (QED) is 0.903. The molecule has 2 rings (SSSR count). The van der Waals surface area contributed by atoms with Gasteiger partial charge in [0.25, 0.3) is 0 Å². The van der Waals surface area contributed by atoms with Gasteiger partial charge >= 0.3 is 5.97 Å². The highest BCUT2D eigenvalue weighted by Crippen LogP contribution is 2.26. The number of carboxylic acids is 1. The fraction of sp³-hybridized carbons (Fsp3) is 0.267. The molecule has 0 amide bonds. The van der Waals surface area contributed by atoms with Gasteiger partial charge in [-0.25, -0.2) is 9.97 Å². The summed E-state index contributed by atoms with van der Waals surface area (Å²) in [5.74, 6) is -1.21. The SMILES string of the molecule is COc1ncnc(C(Cc2ccccc2)C(=O)O)c1C. The maximum Gasteiger partial charge on any atom is 0.312 e. The molecule has 104 valence electrons. The number of carbonyl (C=O) groups is 1. The molecule has 1 heterocycles. The van der Waals surface area contributed by atoms with Crippen molar-refractivity contribution < 1.29 is 14.6 Å². The molecule has 1 unspecified atom stereocenters. The zero-order valence-corrected chi connectivity index (χ0v) is 11.4. The molecule has 0 aliphatic carbocycles. The van der Waals surface area contributed by atoms with Gasteiger partial charge in [0.2, 0.25) is 5.88 Å². The first-order chi connectivity index (χ1) is 9.63. The van der Waals surface area contributed by atoms with Crippen LogP contribution in [0.5, 0.6) is 5.88 Å². The number of aliphatic carboxylic acids is 1. The topological polar surface area (TPSA) is 72.3 Å². The summed E-state index contributed by atoms with van der Waals surface area (Å²) in [5, 5.41) is 9.47. The van der Waals surface area contributed by atoms with Gasteiger partial charge in [-0.15, -0.1) is 0 Å². The highest BCUT2D eigenvalue weighted by Gasteiger charge is 2.25. The highest BCUT2D eigenvalue weighted by atomic mass is 16.5. The van der Waals surface area contributed by atoms with Crippen molar-refractivity contribution in [2.24, 2.45) is 0 Å². The van der Waals surface area contributed by atoms with Crippen LogP contribution in [0.4, 0.5) is 0 Å². The minimum atomic E-state index is -0.905. The van der Waals surface area contributed by atoms with Crippen LogP contribution >= 0.6 is 0 Å². The summed E-state index contributed by atoms with van der Waals surface area (Å²) in [7, 11) is 1.51. The Hall–Kier alpha value is -2.43. The molecule has 0 saturated heterocycles. The number of hydrogen-bond acceptors (Lipinski definition) is 4. The average Bonchev–Trinajstić information content (AvgIpc) is 2.46. The number of aromatic nitrogens is 2. The van der Waals surface area contributed by atoms with Crippen LogP contribution in [0.3, 0.4) is 0 Å². The molecule has 1 atom stereocenters.